The molecule has 3 aromatic carbocycles. The van der Waals surface area contributed by atoms with Gasteiger partial charge in [0.15, 0.2) is 0 Å². The Labute approximate surface area is 194 Å². The molecule has 1 amide bonds. The van der Waals surface area contributed by atoms with Gasteiger partial charge >= 0.3 is 0 Å². The quantitative estimate of drug-likeness (QED) is 0.395. The largest absolute Gasteiger partial charge is 0.491 e. The Morgan fingerprint density at radius 3 is 2.58 bits per heavy atom. The summed E-state index contributed by atoms with van der Waals surface area (Å²) in [4.78, 5) is 19.8. The smallest absolute Gasteiger partial charge is 0.227 e. The highest BCUT2D eigenvalue weighted by Crippen LogP contribution is 2.34. The van der Waals surface area contributed by atoms with Crippen molar-refractivity contribution in [3.63, 3.8) is 0 Å². The van der Waals surface area contributed by atoms with Crippen LogP contribution in [0.1, 0.15) is 34.9 Å². The summed E-state index contributed by atoms with van der Waals surface area (Å²) in [6.07, 6.45) is 0.468. The van der Waals surface area contributed by atoms with Gasteiger partial charge in [-0.25, -0.2) is 4.98 Å². The highest BCUT2D eigenvalue weighted by Gasteiger charge is 2.35. The maximum Gasteiger partial charge on any atom is 0.227 e. The van der Waals surface area contributed by atoms with E-state index in [2.05, 4.69) is 49.6 Å². The molecule has 1 aliphatic heterocycles. The van der Waals surface area contributed by atoms with Gasteiger partial charge in [0.2, 0.25) is 5.91 Å². The first-order chi connectivity index (χ1) is 16.0. The molecule has 0 bridgehead atoms. The molecule has 1 saturated heterocycles. The van der Waals surface area contributed by atoms with Crippen LogP contribution in [0.4, 0.5) is 5.69 Å². The summed E-state index contributed by atoms with van der Waals surface area (Å²) in [7, 11) is 0. The maximum atomic E-state index is 13.0. The number of hydrogen-bond acceptors (Lipinski definition) is 3. The zero-order chi connectivity index (χ0) is 22.9. The van der Waals surface area contributed by atoms with E-state index >= 15 is 0 Å². The highest BCUT2D eigenvalue weighted by atomic mass is 16.5. The summed E-state index contributed by atoms with van der Waals surface area (Å²) >= 11 is 0. The molecular formula is C28H29N3O2. The average Bonchev–Trinajstić information content (AvgIpc) is 3.36. The zero-order valence-electron chi connectivity index (χ0n) is 19.4. The Kier molecular flexibility index (Phi) is 5.63. The second-order valence-electron chi connectivity index (χ2n) is 8.92. The molecule has 2 heterocycles. The molecule has 0 radical (unpaired) electrons. The lowest BCUT2D eigenvalue weighted by Crippen LogP contribution is -2.25. The van der Waals surface area contributed by atoms with Gasteiger partial charge in [0.25, 0.3) is 0 Å². The first-order valence-corrected chi connectivity index (χ1v) is 11.5. The number of rotatable bonds is 6. The summed E-state index contributed by atoms with van der Waals surface area (Å²) in [5.74, 6) is 2.07. The molecule has 5 rings (SSSR count). The number of carbonyl (C=O) groups is 1. The lowest BCUT2D eigenvalue weighted by atomic mass is 10.1. The van der Waals surface area contributed by atoms with Crippen molar-refractivity contribution in [3.05, 3.63) is 89.2 Å². The number of ether oxygens (including phenoxy) is 1. The van der Waals surface area contributed by atoms with Crippen molar-refractivity contribution in [2.75, 3.05) is 18.1 Å². The Morgan fingerprint density at radius 1 is 0.970 bits per heavy atom. The fourth-order valence-electron chi connectivity index (χ4n) is 4.83. The zero-order valence-corrected chi connectivity index (χ0v) is 19.4. The van der Waals surface area contributed by atoms with Gasteiger partial charge in [0.1, 0.15) is 18.2 Å². The van der Waals surface area contributed by atoms with Crippen LogP contribution in [-0.4, -0.2) is 28.6 Å². The summed E-state index contributed by atoms with van der Waals surface area (Å²) in [5.41, 5.74) is 6.51. The molecule has 0 unspecified atom stereocenters. The van der Waals surface area contributed by atoms with Crippen molar-refractivity contribution in [2.45, 2.75) is 39.7 Å². The van der Waals surface area contributed by atoms with Gasteiger partial charge in [-0.05, 0) is 56.2 Å². The number of anilines is 1. The fourth-order valence-corrected chi connectivity index (χ4v) is 4.83. The molecule has 0 aliphatic carbocycles. The molecule has 0 spiro atoms. The van der Waals surface area contributed by atoms with E-state index in [1.54, 1.807) is 0 Å². The van der Waals surface area contributed by atoms with Crippen LogP contribution in [0, 0.1) is 20.8 Å². The van der Waals surface area contributed by atoms with E-state index in [0.717, 1.165) is 39.4 Å². The normalized spacial score (nSPS) is 16.0. The van der Waals surface area contributed by atoms with Gasteiger partial charge < -0.3 is 14.2 Å². The number of amides is 1. The minimum Gasteiger partial charge on any atom is -0.491 e. The van der Waals surface area contributed by atoms with Crippen molar-refractivity contribution in [3.8, 4) is 5.75 Å². The molecule has 0 saturated carbocycles. The number of para-hydroxylation sites is 3. The molecule has 0 N–H and O–H groups in total. The molecule has 168 valence electrons. The summed E-state index contributed by atoms with van der Waals surface area (Å²) in [6.45, 7) is 8.08. The van der Waals surface area contributed by atoms with Crippen molar-refractivity contribution in [1.29, 1.82) is 0 Å². The number of nitrogens with zero attached hydrogens (tertiary/aromatic N) is 3. The molecule has 1 aliphatic rings. The van der Waals surface area contributed by atoms with Crippen LogP contribution in [0.5, 0.6) is 5.75 Å². The number of carbonyl (C=O) groups excluding carboxylic acids is 1. The number of aryl methyl sites for hydroxylation is 3. The second kappa shape index (κ2) is 8.74. The van der Waals surface area contributed by atoms with E-state index in [1.807, 2.05) is 47.4 Å². The van der Waals surface area contributed by atoms with Crippen LogP contribution < -0.4 is 9.64 Å². The van der Waals surface area contributed by atoms with Gasteiger partial charge in [-0.2, -0.15) is 0 Å². The topological polar surface area (TPSA) is 47.4 Å². The number of aromatic nitrogens is 2. The van der Waals surface area contributed by atoms with E-state index in [0.29, 0.717) is 26.1 Å². The van der Waals surface area contributed by atoms with Gasteiger partial charge in [0.05, 0.1) is 17.6 Å². The van der Waals surface area contributed by atoms with Crippen LogP contribution >= 0.6 is 0 Å². The Balaban J connectivity index is 1.41. The van der Waals surface area contributed by atoms with E-state index in [4.69, 9.17) is 9.72 Å². The van der Waals surface area contributed by atoms with Crippen LogP contribution in [-0.2, 0) is 11.3 Å². The van der Waals surface area contributed by atoms with E-state index in [9.17, 15) is 4.79 Å². The third-order valence-corrected chi connectivity index (χ3v) is 6.48. The van der Waals surface area contributed by atoms with Crippen LogP contribution in [0.2, 0.25) is 0 Å². The van der Waals surface area contributed by atoms with Crippen molar-refractivity contribution < 1.29 is 9.53 Å². The Hall–Kier alpha value is -3.60. The first-order valence-electron chi connectivity index (χ1n) is 11.5. The molecular weight excluding hydrogens is 410 g/mol. The molecule has 1 atom stereocenters. The highest BCUT2D eigenvalue weighted by molar-refractivity contribution is 5.97. The standard InChI is InChI=1S/C28H29N3O2/c1-19-12-13-26(21(3)16-19)33-15-14-30-25-11-7-5-9-23(25)29-28(30)22-17-27(32)31(18-22)24-10-6-4-8-20(24)2/h4-13,16,22H,14-15,17-18H2,1-3H3/t22-/m1/s1. The number of fused-ring (bicyclic) bond motifs is 1. The van der Waals surface area contributed by atoms with E-state index in [-0.39, 0.29) is 11.8 Å². The third kappa shape index (κ3) is 4.11. The third-order valence-electron chi connectivity index (χ3n) is 6.48. The second-order valence-corrected chi connectivity index (χ2v) is 8.92. The monoisotopic (exact) mass is 439 g/mol. The Morgan fingerprint density at radius 2 is 1.76 bits per heavy atom. The van der Waals surface area contributed by atoms with Crippen molar-refractivity contribution in [1.82, 2.24) is 9.55 Å². The molecule has 33 heavy (non-hydrogen) atoms. The first kappa shape index (κ1) is 21.3. The fraction of sp³-hybridized carbons (Fsp3) is 0.286. The van der Waals surface area contributed by atoms with E-state index in [1.165, 1.54) is 5.56 Å². The van der Waals surface area contributed by atoms with Crippen molar-refractivity contribution >= 4 is 22.6 Å². The molecule has 4 aromatic rings. The molecule has 5 nitrogen and oxygen atoms in total. The predicted molar refractivity (Wildman–Crippen MR) is 132 cm³/mol. The minimum absolute atomic E-state index is 0.0469. The van der Waals surface area contributed by atoms with Gasteiger partial charge in [-0.1, -0.05) is 48.0 Å². The van der Waals surface area contributed by atoms with Crippen LogP contribution in [0.25, 0.3) is 11.0 Å². The lowest BCUT2D eigenvalue weighted by molar-refractivity contribution is -0.117. The summed E-state index contributed by atoms with van der Waals surface area (Å²) < 4.78 is 8.37. The molecule has 5 heteroatoms. The Bertz CT molecular complexity index is 1320. The molecule has 1 aromatic heterocycles. The average molecular weight is 440 g/mol. The van der Waals surface area contributed by atoms with Crippen molar-refractivity contribution in [2.24, 2.45) is 0 Å². The van der Waals surface area contributed by atoms with Crippen LogP contribution in [0.15, 0.2) is 66.7 Å². The summed E-state index contributed by atoms with van der Waals surface area (Å²) in [5, 5.41) is 0. The van der Waals surface area contributed by atoms with Crippen LogP contribution in [0.3, 0.4) is 0 Å². The predicted octanol–water partition coefficient (Wildman–Crippen LogP) is 5.56. The van der Waals surface area contributed by atoms with Gasteiger partial charge in [-0.3, -0.25) is 4.79 Å². The number of benzene rings is 3. The maximum absolute atomic E-state index is 13.0. The van der Waals surface area contributed by atoms with Gasteiger partial charge in [0, 0.05) is 24.6 Å². The minimum atomic E-state index is 0.0469. The van der Waals surface area contributed by atoms with Gasteiger partial charge in [-0.15, -0.1) is 0 Å². The lowest BCUT2D eigenvalue weighted by Gasteiger charge is -2.19. The number of hydrogen-bond donors (Lipinski definition) is 0. The molecule has 1 fully saturated rings. The van der Waals surface area contributed by atoms with E-state index < -0.39 is 0 Å². The SMILES string of the molecule is Cc1ccc(OCCn2c([C@@H]3CC(=O)N(c4ccccc4C)C3)nc3ccccc32)c(C)c1. The number of imidazole rings is 1. The summed E-state index contributed by atoms with van der Waals surface area (Å²) in [6, 6.07) is 22.5.